The van der Waals surface area contributed by atoms with Gasteiger partial charge in [0.2, 0.25) is 0 Å². The Labute approximate surface area is 179 Å². The Morgan fingerprint density at radius 2 is 1.77 bits per heavy atom. The Hall–Kier alpha value is -3.32. The first kappa shape index (κ1) is 18.7. The topological polar surface area (TPSA) is 59.2 Å². The quantitative estimate of drug-likeness (QED) is 0.486. The smallest absolute Gasteiger partial charge is 0.253 e. The number of anilines is 1. The van der Waals surface area contributed by atoms with Gasteiger partial charge in [0, 0.05) is 28.4 Å². The largest absolute Gasteiger partial charge is 0.264 e. The van der Waals surface area contributed by atoms with Crippen molar-refractivity contribution < 1.29 is 0 Å². The Morgan fingerprint density at radius 1 is 0.967 bits per heavy atom. The fourth-order valence-corrected chi connectivity index (χ4v) is 4.90. The fourth-order valence-electron chi connectivity index (χ4n) is 3.70. The molecule has 7 heteroatoms. The van der Waals surface area contributed by atoms with Gasteiger partial charge in [0.05, 0.1) is 6.54 Å². The molecule has 4 aromatic rings. The molecule has 0 saturated heterocycles. The number of hydrogen-bond acceptors (Lipinski definition) is 6. The molecule has 3 aromatic heterocycles. The average molecular weight is 415 g/mol. The number of pyridine rings is 1. The number of hydrazone groups is 1. The van der Waals surface area contributed by atoms with Crippen LogP contribution in [-0.2, 0) is 6.54 Å². The van der Waals surface area contributed by atoms with Gasteiger partial charge < -0.3 is 0 Å². The van der Waals surface area contributed by atoms with Crippen LogP contribution in [0.25, 0.3) is 5.00 Å². The molecule has 0 saturated carbocycles. The summed E-state index contributed by atoms with van der Waals surface area (Å²) in [6, 6.07) is 12.6. The summed E-state index contributed by atoms with van der Waals surface area (Å²) < 4.78 is 2.13. The summed E-state index contributed by atoms with van der Waals surface area (Å²) in [4.78, 5) is 5.54. The number of hydrogen-bond donors (Lipinski definition) is 0. The van der Waals surface area contributed by atoms with Gasteiger partial charge in [-0.05, 0) is 44.9 Å². The summed E-state index contributed by atoms with van der Waals surface area (Å²) in [5.74, 6) is 1.57. The van der Waals surface area contributed by atoms with Crippen LogP contribution in [0.15, 0.2) is 53.9 Å². The van der Waals surface area contributed by atoms with Crippen molar-refractivity contribution in [2.24, 2.45) is 5.10 Å². The maximum Gasteiger partial charge on any atom is 0.253 e. The minimum Gasteiger partial charge on any atom is -0.264 e. The van der Waals surface area contributed by atoms with E-state index in [1.54, 1.807) is 17.5 Å². The summed E-state index contributed by atoms with van der Waals surface area (Å²) in [7, 11) is 0. The third-order valence-corrected chi connectivity index (χ3v) is 6.64. The van der Waals surface area contributed by atoms with E-state index in [2.05, 4.69) is 70.9 Å². The summed E-state index contributed by atoms with van der Waals surface area (Å²) in [5, 5.41) is 17.1. The SMILES string of the molecule is Cc1ccc(C2=NN(Cc3cccnc3)c3nnc(C)n3-c3sc(C)c(C)c32)cc1. The fraction of sp³-hybridized carbons (Fsp3) is 0.217. The van der Waals surface area contributed by atoms with E-state index in [1.807, 2.05) is 24.2 Å². The highest BCUT2D eigenvalue weighted by molar-refractivity contribution is 7.15. The molecule has 0 radical (unpaired) electrons. The lowest BCUT2D eigenvalue weighted by Crippen LogP contribution is -2.20. The molecule has 0 spiro atoms. The Kier molecular flexibility index (Phi) is 4.47. The Bertz CT molecular complexity index is 1250. The van der Waals surface area contributed by atoms with Crippen molar-refractivity contribution in [1.29, 1.82) is 0 Å². The molecule has 0 N–H and O–H groups in total. The lowest BCUT2D eigenvalue weighted by molar-refractivity contribution is 0.795. The van der Waals surface area contributed by atoms with Gasteiger partial charge in [0.1, 0.15) is 16.5 Å². The number of aromatic nitrogens is 4. The van der Waals surface area contributed by atoms with Crippen molar-refractivity contribution in [2.75, 3.05) is 5.01 Å². The molecular formula is C23H22N6S. The summed E-state index contributed by atoms with van der Waals surface area (Å²) in [6.07, 6.45) is 3.65. The van der Waals surface area contributed by atoms with Gasteiger partial charge >= 0.3 is 0 Å². The van der Waals surface area contributed by atoms with Gasteiger partial charge in [-0.2, -0.15) is 5.10 Å². The van der Waals surface area contributed by atoms with Crippen molar-refractivity contribution in [3.8, 4) is 5.00 Å². The van der Waals surface area contributed by atoms with E-state index in [9.17, 15) is 0 Å². The number of nitrogens with zero attached hydrogens (tertiary/aromatic N) is 6. The van der Waals surface area contributed by atoms with Crippen LogP contribution in [0, 0.1) is 27.7 Å². The van der Waals surface area contributed by atoms with Crippen LogP contribution in [0.4, 0.5) is 5.95 Å². The maximum atomic E-state index is 5.15. The lowest BCUT2D eigenvalue weighted by Gasteiger charge is -2.18. The van der Waals surface area contributed by atoms with Crippen LogP contribution in [0.5, 0.6) is 0 Å². The van der Waals surface area contributed by atoms with Crippen LogP contribution in [0.3, 0.4) is 0 Å². The van der Waals surface area contributed by atoms with Crippen molar-refractivity contribution in [3.05, 3.63) is 87.3 Å². The normalized spacial score (nSPS) is 12.9. The maximum absolute atomic E-state index is 5.15. The van der Waals surface area contributed by atoms with Gasteiger partial charge in [-0.1, -0.05) is 35.9 Å². The van der Waals surface area contributed by atoms with Crippen LogP contribution in [0.1, 0.15) is 38.5 Å². The Morgan fingerprint density at radius 3 is 2.50 bits per heavy atom. The first-order chi connectivity index (χ1) is 14.5. The van der Waals surface area contributed by atoms with E-state index in [4.69, 9.17) is 5.10 Å². The minimum absolute atomic E-state index is 0.564. The molecule has 1 aliphatic rings. The third kappa shape index (κ3) is 3.02. The number of aryl methyl sites for hydroxylation is 3. The van der Waals surface area contributed by atoms with Gasteiger partial charge in [0.15, 0.2) is 0 Å². The Balaban J connectivity index is 1.76. The van der Waals surface area contributed by atoms with E-state index in [0.29, 0.717) is 6.54 Å². The standard InChI is InChI=1S/C23H22N6S/c1-14-7-9-19(10-8-14)21-20-15(2)16(3)30-22(20)29-17(4)25-26-23(29)28(27-21)13-18-6-5-11-24-12-18/h5-12H,13H2,1-4H3. The molecule has 0 bridgehead atoms. The van der Waals surface area contributed by atoms with E-state index < -0.39 is 0 Å². The predicted octanol–water partition coefficient (Wildman–Crippen LogP) is 4.73. The van der Waals surface area contributed by atoms with Gasteiger partial charge in [0.25, 0.3) is 5.95 Å². The van der Waals surface area contributed by atoms with Gasteiger partial charge in [-0.3, -0.25) is 9.55 Å². The van der Waals surface area contributed by atoms with Gasteiger partial charge in [-0.25, -0.2) is 5.01 Å². The summed E-state index contributed by atoms with van der Waals surface area (Å²) in [5.41, 5.74) is 6.74. The number of thiophene rings is 1. The van der Waals surface area contributed by atoms with Gasteiger partial charge in [-0.15, -0.1) is 21.5 Å². The van der Waals surface area contributed by atoms with Crippen LogP contribution in [0.2, 0.25) is 0 Å². The highest BCUT2D eigenvalue weighted by atomic mass is 32.1. The number of fused-ring (bicyclic) bond motifs is 3. The molecule has 0 aliphatic carbocycles. The minimum atomic E-state index is 0.564. The van der Waals surface area contributed by atoms with Crippen molar-refractivity contribution in [2.45, 2.75) is 34.2 Å². The van der Waals surface area contributed by atoms with E-state index >= 15 is 0 Å². The molecule has 0 atom stereocenters. The second-order valence-corrected chi connectivity index (χ2v) is 8.78. The van der Waals surface area contributed by atoms with Crippen molar-refractivity contribution in [3.63, 3.8) is 0 Å². The zero-order chi connectivity index (χ0) is 20.8. The molecule has 5 rings (SSSR count). The van der Waals surface area contributed by atoms with Crippen molar-refractivity contribution >= 4 is 23.0 Å². The number of benzene rings is 1. The van der Waals surface area contributed by atoms with Crippen LogP contribution in [-0.4, -0.2) is 25.5 Å². The van der Waals surface area contributed by atoms with Crippen molar-refractivity contribution in [1.82, 2.24) is 19.7 Å². The second-order valence-electron chi connectivity index (χ2n) is 7.58. The predicted molar refractivity (Wildman–Crippen MR) is 121 cm³/mol. The zero-order valence-electron chi connectivity index (χ0n) is 17.4. The lowest BCUT2D eigenvalue weighted by atomic mass is 9.99. The highest BCUT2D eigenvalue weighted by Gasteiger charge is 2.30. The molecule has 150 valence electrons. The third-order valence-electron chi connectivity index (χ3n) is 5.45. The first-order valence-corrected chi connectivity index (χ1v) is 10.7. The molecule has 4 heterocycles. The monoisotopic (exact) mass is 414 g/mol. The second kappa shape index (κ2) is 7.18. The van der Waals surface area contributed by atoms with E-state index in [-0.39, 0.29) is 0 Å². The molecule has 0 amide bonds. The first-order valence-electron chi connectivity index (χ1n) is 9.88. The summed E-state index contributed by atoms with van der Waals surface area (Å²) >= 11 is 1.76. The average Bonchev–Trinajstić information content (AvgIpc) is 3.22. The molecule has 0 unspecified atom stereocenters. The molecule has 1 aliphatic heterocycles. The van der Waals surface area contributed by atoms with E-state index in [0.717, 1.165) is 39.2 Å². The molecule has 1 aromatic carbocycles. The molecule has 30 heavy (non-hydrogen) atoms. The summed E-state index contributed by atoms with van der Waals surface area (Å²) in [6.45, 7) is 8.99. The molecular weight excluding hydrogens is 392 g/mol. The van der Waals surface area contributed by atoms with Crippen LogP contribution >= 0.6 is 11.3 Å². The number of rotatable bonds is 3. The van der Waals surface area contributed by atoms with Crippen LogP contribution < -0.4 is 5.01 Å². The molecule has 0 fully saturated rings. The molecule has 6 nitrogen and oxygen atoms in total. The highest BCUT2D eigenvalue weighted by Crippen LogP contribution is 2.38. The zero-order valence-corrected chi connectivity index (χ0v) is 18.2. The van der Waals surface area contributed by atoms with E-state index in [1.165, 1.54) is 16.0 Å².